The highest BCUT2D eigenvalue weighted by atomic mass is 32.2. The number of ether oxygens (including phenoxy) is 1. The van der Waals surface area contributed by atoms with Gasteiger partial charge >= 0.3 is 5.97 Å². The number of fused-ring (bicyclic) bond motifs is 1. The third kappa shape index (κ3) is 3.35. The minimum Gasteiger partial charge on any atom is -0.465 e. The largest absolute Gasteiger partial charge is 0.465 e. The number of carbonyl (C=O) groups excluding carboxylic acids is 1. The molecule has 0 bridgehead atoms. The fourth-order valence-electron chi connectivity index (χ4n) is 3.69. The van der Waals surface area contributed by atoms with E-state index in [4.69, 9.17) is 9.72 Å². The Bertz CT molecular complexity index is 1220. The van der Waals surface area contributed by atoms with E-state index in [0.717, 1.165) is 38.7 Å². The van der Waals surface area contributed by atoms with Crippen LogP contribution in [0.15, 0.2) is 65.8 Å². The first kappa shape index (κ1) is 18.8. The number of benzene rings is 2. The Kier molecular flexibility index (Phi) is 4.96. The molecule has 0 amide bonds. The van der Waals surface area contributed by atoms with Gasteiger partial charge in [0.2, 0.25) is 0 Å². The van der Waals surface area contributed by atoms with Crippen molar-refractivity contribution in [3.05, 3.63) is 60.7 Å². The molecule has 6 nitrogen and oxygen atoms in total. The molecule has 1 atom stereocenters. The van der Waals surface area contributed by atoms with Crippen molar-refractivity contribution >= 4 is 28.6 Å². The molecule has 7 heteroatoms. The number of aromatic nitrogens is 4. The Morgan fingerprint density at radius 2 is 1.90 bits per heavy atom. The molecule has 2 aromatic carbocycles. The van der Waals surface area contributed by atoms with Gasteiger partial charge in [0, 0.05) is 29.5 Å². The molecule has 0 aliphatic carbocycles. The van der Waals surface area contributed by atoms with E-state index in [1.54, 1.807) is 0 Å². The average Bonchev–Trinajstić information content (AvgIpc) is 3.39. The maximum absolute atomic E-state index is 11.9. The second kappa shape index (κ2) is 7.91. The van der Waals surface area contributed by atoms with Gasteiger partial charge in [0.1, 0.15) is 5.25 Å². The lowest BCUT2D eigenvalue weighted by Gasteiger charge is -2.12. The van der Waals surface area contributed by atoms with E-state index < -0.39 is 0 Å². The van der Waals surface area contributed by atoms with Crippen LogP contribution in [-0.4, -0.2) is 37.6 Å². The van der Waals surface area contributed by atoms with Crippen LogP contribution < -0.4 is 0 Å². The fraction of sp³-hybridized carbons (Fsp3) is 0.217. The standard InChI is InChI=1S/C23H20N4O2S/c1-2-27-21(25-26-23(27)30-20-12-13-29-22(20)28)17-14-19(15-8-4-3-5-9-15)24-18-11-7-6-10-16(17)18/h3-11,14,20H,2,12-13H2,1H3/t20-/m1/s1. The summed E-state index contributed by atoms with van der Waals surface area (Å²) in [6.07, 6.45) is 0.700. The van der Waals surface area contributed by atoms with E-state index in [-0.39, 0.29) is 11.2 Å². The van der Waals surface area contributed by atoms with Gasteiger partial charge in [0.05, 0.1) is 17.8 Å². The Morgan fingerprint density at radius 3 is 2.67 bits per heavy atom. The topological polar surface area (TPSA) is 69.9 Å². The van der Waals surface area contributed by atoms with E-state index in [1.165, 1.54) is 11.8 Å². The van der Waals surface area contributed by atoms with Crippen LogP contribution >= 0.6 is 11.8 Å². The first-order chi connectivity index (χ1) is 14.7. The van der Waals surface area contributed by atoms with Crippen molar-refractivity contribution in [1.29, 1.82) is 0 Å². The lowest BCUT2D eigenvalue weighted by molar-refractivity contribution is -0.137. The average molecular weight is 417 g/mol. The number of pyridine rings is 1. The van der Waals surface area contributed by atoms with Crippen LogP contribution in [0.5, 0.6) is 0 Å². The summed E-state index contributed by atoms with van der Waals surface area (Å²) in [5.74, 6) is 0.607. The number of nitrogens with zero attached hydrogens (tertiary/aromatic N) is 4. The van der Waals surface area contributed by atoms with Crippen LogP contribution in [0, 0.1) is 0 Å². The molecule has 1 saturated heterocycles. The Morgan fingerprint density at radius 1 is 1.10 bits per heavy atom. The normalized spacial score (nSPS) is 16.2. The molecular formula is C23H20N4O2S. The highest BCUT2D eigenvalue weighted by Crippen LogP contribution is 2.35. The predicted molar refractivity (Wildman–Crippen MR) is 117 cm³/mol. The van der Waals surface area contributed by atoms with Gasteiger partial charge in [-0.25, -0.2) is 4.98 Å². The van der Waals surface area contributed by atoms with Crippen LogP contribution in [0.25, 0.3) is 33.5 Å². The summed E-state index contributed by atoms with van der Waals surface area (Å²) in [5.41, 5.74) is 3.83. The molecule has 1 fully saturated rings. The molecule has 4 aromatic rings. The summed E-state index contributed by atoms with van der Waals surface area (Å²) in [6.45, 7) is 3.23. The van der Waals surface area contributed by atoms with Crippen molar-refractivity contribution in [2.75, 3.05) is 6.61 Å². The molecule has 30 heavy (non-hydrogen) atoms. The number of rotatable bonds is 5. The zero-order valence-electron chi connectivity index (χ0n) is 16.5. The summed E-state index contributed by atoms with van der Waals surface area (Å²) >= 11 is 1.43. The van der Waals surface area contributed by atoms with E-state index in [2.05, 4.69) is 46.0 Å². The summed E-state index contributed by atoms with van der Waals surface area (Å²) < 4.78 is 7.16. The molecular weight excluding hydrogens is 396 g/mol. The summed E-state index contributed by atoms with van der Waals surface area (Å²) in [4.78, 5) is 16.8. The number of cyclic esters (lactones) is 1. The van der Waals surface area contributed by atoms with Crippen molar-refractivity contribution in [3.8, 4) is 22.6 Å². The van der Waals surface area contributed by atoms with Crippen molar-refractivity contribution < 1.29 is 9.53 Å². The fourth-order valence-corrected chi connectivity index (χ4v) is 4.75. The number of carbonyl (C=O) groups is 1. The van der Waals surface area contributed by atoms with Crippen molar-refractivity contribution in [3.63, 3.8) is 0 Å². The maximum Gasteiger partial charge on any atom is 0.319 e. The molecule has 0 saturated carbocycles. The zero-order valence-corrected chi connectivity index (χ0v) is 17.3. The Hall–Kier alpha value is -3.19. The number of esters is 1. The van der Waals surface area contributed by atoms with Gasteiger partial charge in [-0.2, -0.15) is 0 Å². The molecule has 0 N–H and O–H groups in total. The van der Waals surface area contributed by atoms with Crippen LogP contribution in [0.2, 0.25) is 0 Å². The maximum atomic E-state index is 11.9. The lowest BCUT2D eigenvalue weighted by Crippen LogP contribution is -2.11. The third-order valence-corrected chi connectivity index (χ3v) is 6.42. The third-order valence-electron chi connectivity index (χ3n) is 5.19. The van der Waals surface area contributed by atoms with Crippen LogP contribution in [0.1, 0.15) is 13.3 Å². The first-order valence-electron chi connectivity index (χ1n) is 9.96. The quantitative estimate of drug-likeness (QED) is 0.443. The lowest BCUT2D eigenvalue weighted by atomic mass is 10.0. The predicted octanol–water partition coefficient (Wildman–Crippen LogP) is 4.59. The van der Waals surface area contributed by atoms with Gasteiger partial charge in [0.15, 0.2) is 11.0 Å². The molecule has 0 radical (unpaired) electrons. The summed E-state index contributed by atoms with van der Waals surface area (Å²) in [5, 5.41) is 10.5. The van der Waals surface area contributed by atoms with Crippen LogP contribution in [-0.2, 0) is 16.1 Å². The summed E-state index contributed by atoms with van der Waals surface area (Å²) in [7, 11) is 0. The molecule has 5 rings (SSSR count). The number of hydrogen-bond acceptors (Lipinski definition) is 6. The first-order valence-corrected chi connectivity index (χ1v) is 10.8. The molecule has 0 spiro atoms. The van der Waals surface area contributed by atoms with Gasteiger partial charge in [-0.05, 0) is 19.1 Å². The van der Waals surface area contributed by atoms with Gasteiger partial charge in [-0.15, -0.1) is 10.2 Å². The Balaban J connectivity index is 1.65. The van der Waals surface area contributed by atoms with Gasteiger partial charge in [-0.3, -0.25) is 4.79 Å². The molecule has 150 valence electrons. The number of thioether (sulfide) groups is 1. The monoisotopic (exact) mass is 416 g/mol. The molecule has 3 heterocycles. The minimum absolute atomic E-state index is 0.173. The molecule has 1 aliphatic heterocycles. The SMILES string of the molecule is CCn1c(S[C@@H]2CCOC2=O)nnc1-c1cc(-c2ccccc2)nc2ccccc12. The van der Waals surface area contributed by atoms with E-state index in [9.17, 15) is 4.79 Å². The van der Waals surface area contributed by atoms with E-state index in [1.807, 2.05) is 36.4 Å². The molecule has 0 unspecified atom stereocenters. The number of hydrogen-bond donors (Lipinski definition) is 0. The highest BCUT2D eigenvalue weighted by molar-refractivity contribution is 8.00. The van der Waals surface area contributed by atoms with Gasteiger partial charge in [-0.1, -0.05) is 60.3 Å². The second-order valence-corrected chi connectivity index (χ2v) is 8.22. The second-order valence-electron chi connectivity index (χ2n) is 7.05. The van der Waals surface area contributed by atoms with E-state index in [0.29, 0.717) is 19.6 Å². The van der Waals surface area contributed by atoms with Crippen LogP contribution in [0.4, 0.5) is 0 Å². The molecule has 2 aromatic heterocycles. The van der Waals surface area contributed by atoms with Gasteiger partial charge < -0.3 is 9.30 Å². The van der Waals surface area contributed by atoms with Crippen LogP contribution in [0.3, 0.4) is 0 Å². The van der Waals surface area contributed by atoms with Crippen molar-refractivity contribution in [1.82, 2.24) is 19.7 Å². The smallest absolute Gasteiger partial charge is 0.319 e. The minimum atomic E-state index is -0.221. The molecule has 1 aliphatic rings. The highest BCUT2D eigenvalue weighted by Gasteiger charge is 2.30. The van der Waals surface area contributed by atoms with E-state index >= 15 is 0 Å². The number of para-hydroxylation sites is 1. The van der Waals surface area contributed by atoms with Crippen molar-refractivity contribution in [2.24, 2.45) is 0 Å². The Labute approximate surface area is 178 Å². The summed E-state index contributed by atoms with van der Waals surface area (Å²) in [6, 6.07) is 20.3. The van der Waals surface area contributed by atoms with Gasteiger partial charge in [0.25, 0.3) is 0 Å². The zero-order chi connectivity index (χ0) is 20.5. The van der Waals surface area contributed by atoms with Crippen molar-refractivity contribution in [2.45, 2.75) is 30.3 Å².